The minimum Gasteiger partial charge on any atom is -0.309 e. The average molecular weight is 726 g/mol. The number of hydrogen-bond acceptors (Lipinski definition) is 1. The van der Waals surface area contributed by atoms with Crippen molar-refractivity contribution in [2.24, 2.45) is 0 Å². The molecular formula is C54H35N3. The van der Waals surface area contributed by atoms with Crippen molar-refractivity contribution in [1.82, 2.24) is 9.13 Å². The summed E-state index contributed by atoms with van der Waals surface area (Å²) in [6, 6.07) is 77.5. The molecule has 0 saturated heterocycles. The molecule has 12 aromatic rings. The van der Waals surface area contributed by atoms with E-state index in [-0.39, 0.29) is 0 Å². The second kappa shape index (κ2) is 12.5. The summed E-state index contributed by atoms with van der Waals surface area (Å²) < 4.78 is 4.92. The van der Waals surface area contributed by atoms with E-state index in [1.54, 1.807) is 0 Å². The lowest BCUT2D eigenvalue weighted by molar-refractivity contribution is 1.17. The van der Waals surface area contributed by atoms with E-state index in [1.807, 2.05) is 0 Å². The molecule has 0 saturated carbocycles. The molecule has 0 atom stereocenters. The SMILES string of the molecule is c1ccc2cc(-n3c4ccccc4c4c3ccc3c5ccccc5n(-c5ccc(N(c6cccc7ccccc67)c6cccc7ccccc67)cc5)c34)ccc2c1. The summed E-state index contributed by atoms with van der Waals surface area (Å²) in [7, 11) is 0. The summed E-state index contributed by atoms with van der Waals surface area (Å²) >= 11 is 0. The molecular weight excluding hydrogens is 691 g/mol. The number of aromatic nitrogens is 2. The van der Waals surface area contributed by atoms with Crippen molar-refractivity contribution in [3.63, 3.8) is 0 Å². The van der Waals surface area contributed by atoms with Crippen molar-refractivity contribution in [3.05, 3.63) is 212 Å². The number of nitrogens with zero attached hydrogens (tertiary/aromatic N) is 3. The van der Waals surface area contributed by atoms with Crippen LogP contribution in [0.15, 0.2) is 212 Å². The highest BCUT2D eigenvalue weighted by molar-refractivity contribution is 6.26. The fraction of sp³-hybridized carbons (Fsp3) is 0. The van der Waals surface area contributed by atoms with Crippen LogP contribution in [0.25, 0.3) is 87.3 Å². The number of para-hydroxylation sites is 2. The van der Waals surface area contributed by atoms with Gasteiger partial charge in [0.1, 0.15) is 0 Å². The summed E-state index contributed by atoms with van der Waals surface area (Å²) in [5.41, 5.74) is 10.5. The van der Waals surface area contributed by atoms with Crippen molar-refractivity contribution in [2.45, 2.75) is 0 Å². The fourth-order valence-corrected chi connectivity index (χ4v) is 9.34. The van der Waals surface area contributed by atoms with Gasteiger partial charge in [-0.25, -0.2) is 0 Å². The van der Waals surface area contributed by atoms with E-state index >= 15 is 0 Å². The second-order valence-corrected chi connectivity index (χ2v) is 14.9. The molecule has 0 aliphatic carbocycles. The molecule has 0 spiro atoms. The number of benzene rings is 10. The summed E-state index contributed by atoms with van der Waals surface area (Å²) in [6.07, 6.45) is 0. The zero-order valence-corrected chi connectivity index (χ0v) is 31.0. The highest BCUT2D eigenvalue weighted by atomic mass is 15.1. The number of hydrogen-bond donors (Lipinski definition) is 0. The lowest BCUT2D eigenvalue weighted by Crippen LogP contribution is -2.11. The zero-order valence-electron chi connectivity index (χ0n) is 31.0. The Morgan fingerprint density at radius 2 is 0.825 bits per heavy atom. The first kappa shape index (κ1) is 31.7. The minimum atomic E-state index is 1.10. The van der Waals surface area contributed by atoms with E-state index in [2.05, 4.69) is 226 Å². The van der Waals surface area contributed by atoms with E-state index in [0.717, 1.165) is 28.4 Å². The zero-order chi connectivity index (χ0) is 37.5. The van der Waals surface area contributed by atoms with Gasteiger partial charge in [0.25, 0.3) is 0 Å². The van der Waals surface area contributed by atoms with Crippen LogP contribution in [-0.2, 0) is 0 Å². The maximum Gasteiger partial charge on any atom is 0.0641 e. The molecule has 0 aliphatic heterocycles. The van der Waals surface area contributed by atoms with Crippen LogP contribution in [-0.4, -0.2) is 9.13 Å². The van der Waals surface area contributed by atoms with Crippen molar-refractivity contribution in [3.8, 4) is 11.4 Å². The van der Waals surface area contributed by atoms with E-state index in [4.69, 9.17) is 0 Å². The van der Waals surface area contributed by atoms with Crippen molar-refractivity contribution < 1.29 is 0 Å². The lowest BCUT2D eigenvalue weighted by Gasteiger charge is -2.28. The van der Waals surface area contributed by atoms with Gasteiger partial charge in [0.2, 0.25) is 0 Å². The highest BCUT2D eigenvalue weighted by Crippen LogP contribution is 2.45. The third kappa shape index (κ3) is 4.79. The predicted molar refractivity (Wildman–Crippen MR) is 242 cm³/mol. The first-order valence-corrected chi connectivity index (χ1v) is 19.6. The summed E-state index contributed by atoms with van der Waals surface area (Å²) in [6.45, 7) is 0. The minimum absolute atomic E-state index is 1.10. The molecule has 0 amide bonds. The van der Waals surface area contributed by atoms with Gasteiger partial charge >= 0.3 is 0 Å². The monoisotopic (exact) mass is 725 g/mol. The Bertz CT molecular complexity index is 3440. The van der Waals surface area contributed by atoms with Crippen molar-refractivity contribution in [1.29, 1.82) is 0 Å². The molecule has 2 aromatic heterocycles. The third-order valence-electron chi connectivity index (χ3n) is 11.8. The van der Waals surface area contributed by atoms with Crippen molar-refractivity contribution >= 4 is 93.0 Å². The Morgan fingerprint density at radius 1 is 0.298 bits per heavy atom. The molecule has 0 radical (unpaired) electrons. The van der Waals surface area contributed by atoms with Gasteiger partial charge in [-0.1, -0.05) is 146 Å². The molecule has 12 rings (SSSR count). The first-order chi connectivity index (χ1) is 28.3. The number of anilines is 3. The van der Waals surface area contributed by atoms with Gasteiger partial charge in [-0.3, -0.25) is 0 Å². The Balaban J connectivity index is 1.11. The quantitative estimate of drug-likeness (QED) is 0.172. The van der Waals surface area contributed by atoms with Crippen LogP contribution in [0.1, 0.15) is 0 Å². The Labute approximate surface area is 329 Å². The van der Waals surface area contributed by atoms with Gasteiger partial charge in [0, 0.05) is 49.4 Å². The standard InChI is InChI=1S/C54H35N3/c1-2-16-39-35-42(28-27-36(39)13-1)56-51-24-10-8-22-47(51)53-52(56)34-33-46-45-21-7-9-23-50(45)57(54(46)53)41-31-29-40(30-32-41)55(48-25-11-17-37-14-3-5-19-43(37)48)49-26-12-18-38-15-4-6-20-44(38)49/h1-35H. The largest absolute Gasteiger partial charge is 0.309 e. The van der Waals surface area contributed by atoms with E-state index < -0.39 is 0 Å². The topological polar surface area (TPSA) is 13.1 Å². The molecule has 266 valence electrons. The first-order valence-electron chi connectivity index (χ1n) is 19.6. The summed E-state index contributed by atoms with van der Waals surface area (Å²) in [5, 5.41) is 12.3. The molecule has 0 unspecified atom stereocenters. The second-order valence-electron chi connectivity index (χ2n) is 14.9. The van der Waals surface area contributed by atoms with Gasteiger partial charge in [-0.2, -0.15) is 0 Å². The Kier molecular flexibility index (Phi) is 6.93. The smallest absolute Gasteiger partial charge is 0.0641 e. The molecule has 3 heteroatoms. The van der Waals surface area contributed by atoms with Crippen LogP contribution in [0, 0.1) is 0 Å². The molecule has 2 heterocycles. The fourth-order valence-electron chi connectivity index (χ4n) is 9.34. The van der Waals surface area contributed by atoms with Crippen LogP contribution in [0.3, 0.4) is 0 Å². The molecule has 57 heavy (non-hydrogen) atoms. The third-order valence-corrected chi connectivity index (χ3v) is 11.8. The van der Waals surface area contributed by atoms with Crippen LogP contribution in [0.2, 0.25) is 0 Å². The molecule has 3 nitrogen and oxygen atoms in total. The van der Waals surface area contributed by atoms with E-state index in [1.165, 1.54) is 75.9 Å². The highest BCUT2D eigenvalue weighted by Gasteiger charge is 2.22. The van der Waals surface area contributed by atoms with Gasteiger partial charge in [0.05, 0.1) is 33.4 Å². The molecule has 0 fully saturated rings. The molecule has 10 aromatic carbocycles. The van der Waals surface area contributed by atoms with E-state index in [0.29, 0.717) is 0 Å². The Hall–Kier alpha value is -7.62. The van der Waals surface area contributed by atoms with Gasteiger partial charge in [-0.05, 0) is 88.3 Å². The molecule has 0 aliphatic rings. The summed E-state index contributed by atoms with van der Waals surface area (Å²) in [5.74, 6) is 0. The van der Waals surface area contributed by atoms with Crippen LogP contribution < -0.4 is 4.90 Å². The molecule has 0 N–H and O–H groups in total. The Morgan fingerprint density at radius 3 is 1.51 bits per heavy atom. The van der Waals surface area contributed by atoms with Crippen molar-refractivity contribution in [2.75, 3.05) is 4.90 Å². The van der Waals surface area contributed by atoms with Gasteiger partial charge < -0.3 is 14.0 Å². The van der Waals surface area contributed by atoms with Gasteiger partial charge in [-0.15, -0.1) is 0 Å². The average Bonchev–Trinajstić information content (AvgIpc) is 3.80. The normalized spacial score (nSPS) is 11.9. The molecule has 0 bridgehead atoms. The predicted octanol–water partition coefficient (Wildman–Crippen LogP) is 14.8. The summed E-state index contributed by atoms with van der Waals surface area (Å²) in [4.78, 5) is 2.43. The lowest BCUT2D eigenvalue weighted by atomic mass is 10.0. The van der Waals surface area contributed by atoms with Crippen LogP contribution in [0.4, 0.5) is 17.1 Å². The maximum atomic E-state index is 2.48. The van der Waals surface area contributed by atoms with Crippen LogP contribution >= 0.6 is 0 Å². The van der Waals surface area contributed by atoms with Gasteiger partial charge in [0.15, 0.2) is 0 Å². The number of fused-ring (bicyclic) bond motifs is 10. The number of rotatable bonds is 5. The maximum absolute atomic E-state index is 2.48. The van der Waals surface area contributed by atoms with Crippen LogP contribution in [0.5, 0.6) is 0 Å². The van der Waals surface area contributed by atoms with E-state index in [9.17, 15) is 0 Å².